The van der Waals surface area contributed by atoms with Gasteiger partial charge in [-0.05, 0) is 6.92 Å². The molecule has 4 nitrogen and oxygen atoms in total. The van der Waals surface area contributed by atoms with Crippen LogP contribution in [0.3, 0.4) is 0 Å². The van der Waals surface area contributed by atoms with E-state index in [1.807, 2.05) is 0 Å². The zero-order valence-electron chi connectivity index (χ0n) is 9.01. The van der Waals surface area contributed by atoms with E-state index in [-0.39, 0.29) is 18.0 Å². The number of aromatic nitrogens is 2. The molecule has 0 spiro atoms. The van der Waals surface area contributed by atoms with Crippen molar-refractivity contribution < 1.29 is 18.0 Å². The average molecular weight is 270 g/mol. The molecule has 0 radical (unpaired) electrons. The van der Waals surface area contributed by atoms with Crippen molar-refractivity contribution in [1.29, 1.82) is 0 Å². The smallest absolute Gasteiger partial charge is 0.328 e. The van der Waals surface area contributed by atoms with Crippen molar-refractivity contribution in [2.24, 2.45) is 0 Å². The monoisotopic (exact) mass is 269 g/mol. The molecule has 1 N–H and O–H groups in total. The van der Waals surface area contributed by atoms with Crippen LogP contribution in [0, 0.1) is 6.92 Å². The third kappa shape index (κ3) is 3.92. The van der Waals surface area contributed by atoms with Gasteiger partial charge in [0.25, 0.3) is 5.91 Å². The molecule has 8 heteroatoms. The van der Waals surface area contributed by atoms with Gasteiger partial charge in [-0.15, -0.1) is 11.6 Å². The maximum Gasteiger partial charge on any atom is 0.406 e. The maximum atomic E-state index is 12.3. The summed E-state index contributed by atoms with van der Waals surface area (Å²) in [5, 5.41) is 6.09. The van der Waals surface area contributed by atoms with E-state index in [4.69, 9.17) is 11.6 Å². The highest BCUT2D eigenvalue weighted by Gasteiger charge is 2.33. The summed E-state index contributed by atoms with van der Waals surface area (Å²) in [6.45, 7) is 0.0837. The van der Waals surface area contributed by atoms with E-state index in [0.717, 1.165) is 0 Å². The van der Waals surface area contributed by atoms with Crippen molar-refractivity contribution in [3.8, 4) is 0 Å². The second kappa shape index (κ2) is 5.39. The molecule has 0 atom stereocenters. The molecule has 1 aromatic rings. The Balaban J connectivity index is 2.84. The number of H-pyrrole nitrogens is 1. The van der Waals surface area contributed by atoms with Gasteiger partial charge < -0.3 is 4.90 Å². The van der Waals surface area contributed by atoms with Crippen molar-refractivity contribution in [1.82, 2.24) is 15.1 Å². The molecule has 1 rings (SSSR count). The second-order valence-corrected chi connectivity index (χ2v) is 3.82. The minimum absolute atomic E-state index is 0.0568. The lowest BCUT2D eigenvalue weighted by Crippen LogP contribution is -2.40. The number of nitrogens with one attached hydrogen (secondary N) is 1. The number of halogens is 4. The predicted molar refractivity (Wildman–Crippen MR) is 56.0 cm³/mol. The molecule has 0 saturated carbocycles. The first-order chi connectivity index (χ1) is 7.85. The van der Waals surface area contributed by atoms with Gasteiger partial charge in [-0.2, -0.15) is 18.3 Å². The normalized spacial score (nSPS) is 11.6. The standard InChI is InChI=1S/C9H11ClF3N3O/c1-6-7(4-14-15-6)8(17)16(3-2-10)5-9(11,12)13/h4H,2-3,5H2,1H3,(H,14,15). The summed E-state index contributed by atoms with van der Waals surface area (Å²) in [5.41, 5.74) is 0.552. The fourth-order valence-electron chi connectivity index (χ4n) is 1.31. The molecule has 0 unspecified atom stereocenters. The number of aryl methyl sites for hydroxylation is 1. The molecule has 1 heterocycles. The summed E-state index contributed by atoms with van der Waals surface area (Å²) in [6.07, 6.45) is -3.24. The first-order valence-electron chi connectivity index (χ1n) is 4.77. The number of alkyl halides is 4. The number of hydrogen-bond acceptors (Lipinski definition) is 2. The van der Waals surface area contributed by atoms with Crippen molar-refractivity contribution in [3.05, 3.63) is 17.5 Å². The second-order valence-electron chi connectivity index (χ2n) is 3.44. The van der Waals surface area contributed by atoms with Crippen LogP contribution in [-0.4, -0.2) is 46.2 Å². The van der Waals surface area contributed by atoms with E-state index >= 15 is 0 Å². The molecule has 0 bridgehead atoms. The van der Waals surface area contributed by atoms with Crippen molar-refractivity contribution in [2.45, 2.75) is 13.1 Å². The van der Waals surface area contributed by atoms with E-state index in [2.05, 4.69) is 10.2 Å². The number of hydrogen-bond donors (Lipinski definition) is 1. The molecule has 96 valence electrons. The minimum atomic E-state index is -4.45. The molecule has 17 heavy (non-hydrogen) atoms. The van der Waals surface area contributed by atoms with Crippen LogP contribution < -0.4 is 0 Å². The number of carbonyl (C=O) groups excluding carboxylic acids is 1. The zero-order chi connectivity index (χ0) is 13.1. The van der Waals surface area contributed by atoms with Gasteiger partial charge in [0.05, 0.1) is 11.8 Å². The summed E-state index contributed by atoms with van der Waals surface area (Å²) in [4.78, 5) is 12.5. The molecule has 0 fully saturated rings. The van der Waals surface area contributed by atoms with Gasteiger partial charge in [-0.3, -0.25) is 9.89 Å². The SMILES string of the molecule is Cc1[nH]ncc1C(=O)N(CCCl)CC(F)(F)F. The number of amides is 1. The van der Waals surface area contributed by atoms with E-state index in [9.17, 15) is 18.0 Å². The van der Waals surface area contributed by atoms with Crippen LogP contribution in [-0.2, 0) is 0 Å². The average Bonchev–Trinajstić information content (AvgIpc) is 2.61. The number of aromatic amines is 1. The van der Waals surface area contributed by atoms with Crippen LogP contribution in [0.15, 0.2) is 6.20 Å². The summed E-state index contributed by atoms with van der Waals surface area (Å²) in [5.74, 6) is -0.784. The molecular formula is C9H11ClF3N3O. The first-order valence-corrected chi connectivity index (χ1v) is 5.30. The van der Waals surface area contributed by atoms with Crippen molar-refractivity contribution in [3.63, 3.8) is 0 Å². The summed E-state index contributed by atoms with van der Waals surface area (Å²) in [6, 6.07) is 0. The Labute approximate surface area is 101 Å². The lowest BCUT2D eigenvalue weighted by molar-refractivity contribution is -0.140. The number of rotatable bonds is 4. The molecule has 0 aliphatic heterocycles. The van der Waals surface area contributed by atoms with Crippen LogP contribution in [0.5, 0.6) is 0 Å². The van der Waals surface area contributed by atoms with Gasteiger partial charge >= 0.3 is 6.18 Å². The van der Waals surface area contributed by atoms with E-state index in [1.54, 1.807) is 6.92 Å². The molecule has 0 aromatic carbocycles. The van der Waals surface area contributed by atoms with Crippen LogP contribution >= 0.6 is 11.6 Å². The van der Waals surface area contributed by atoms with Gasteiger partial charge in [0.2, 0.25) is 0 Å². The van der Waals surface area contributed by atoms with Gasteiger partial charge in [0.1, 0.15) is 6.54 Å². The summed E-state index contributed by atoms with van der Waals surface area (Å²) in [7, 11) is 0. The van der Waals surface area contributed by atoms with Gasteiger partial charge in [-0.1, -0.05) is 0 Å². The lowest BCUT2D eigenvalue weighted by atomic mass is 10.2. The van der Waals surface area contributed by atoms with Gasteiger partial charge in [0, 0.05) is 18.1 Å². The van der Waals surface area contributed by atoms with E-state index < -0.39 is 18.6 Å². The Morgan fingerprint density at radius 2 is 2.24 bits per heavy atom. The number of nitrogens with zero attached hydrogens (tertiary/aromatic N) is 2. The van der Waals surface area contributed by atoms with Crippen LogP contribution in [0.4, 0.5) is 13.2 Å². The summed E-state index contributed by atoms with van der Waals surface area (Å²) < 4.78 is 36.8. The zero-order valence-corrected chi connectivity index (χ0v) is 9.77. The van der Waals surface area contributed by atoms with Crippen LogP contribution in [0.25, 0.3) is 0 Å². The fraction of sp³-hybridized carbons (Fsp3) is 0.556. The van der Waals surface area contributed by atoms with E-state index in [1.165, 1.54) is 6.20 Å². The van der Waals surface area contributed by atoms with Crippen LogP contribution in [0.2, 0.25) is 0 Å². The fourth-order valence-corrected chi connectivity index (χ4v) is 1.51. The first kappa shape index (κ1) is 13.8. The highest BCUT2D eigenvalue weighted by Crippen LogP contribution is 2.18. The highest BCUT2D eigenvalue weighted by molar-refractivity contribution is 6.18. The third-order valence-electron chi connectivity index (χ3n) is 2.07. The Hall–Kier alpha value is -1.24. The van der Waals surface area contributed by atoms with Crippen molar-refractivity contribution in [2.75, 3.05) is 19.0 Å². The van der Waals surface area contributed by atoms with Gasteiger partial charge in [0.15, 0.2) is 0 Å². The van der Waals surface area contributed by atoms with Crippen LogP contribution in [0.1, 0.15) is 16.1 Å². The Bertz CT molecular complexity index is 391. The third-order valence-corrected chi connectivity index (χ3v) is 2.24. The Morgan fingerprint density at radius 3 is 2.65 bits per heavy atom. The molecular weight excluding hydrogens is 259 g/mol. The maximum absolute atomic E-state index is 12.3. The molecule has 0 aliphatic rings. The number of carbonyl (C=O) groups is 1. The van der Waals surface area contributed by atoms with Crippen molar-refractivity contribution >= 4 is 17.5 Å². The molecule has 1 amide bonds. The Kier molecular flexibility index (Phi) is 4.39. The molecule has 0 aliphatic carbocycles. The quantitative estimate of drug-likeness (QED) is 0.850. The van der Waals surface area contributed by atoms with Gasteiger partial charge in [-0.25, -0.2) is 0 Å². The summed E-state index contributed by atoms with van der Waals surface area (Å²) >= 11 is 5.39. The predicted octanol–water partition coefficient (Wildman–Crippen LogP) is 1.96. The van der Waals surface area contributed by atoms with E-state index in [0.29, 0.717) is 10.6 Å². The topological polar surface area (TPSA) is 49.0 Å². The Morgan fingerprint density at radius 1 is 1.59 bits per heavy atom. The largest absolute Gasteiger partial charge is 0.406 e. The highest BCUT2D eigenvalue weighted by atomic mass is 35.5. The molecule has 1 aromatic heterocycles. The lowest BCUT2D eigenvalue weighted by Gasteiger charge is -2.22. The molecule has 0 saturated heterocycles. The minimum Gasteiger partial charge on any atom is -0.328 e.